The minimum absolute atomic E-state index is 0.0556. The van der Waals surface area contributed by atoms with Crippen molar-refractivity contribution in [1.29, 1.82) is 0 Å². The van der Waals surface area contributed by atoms with Gasteiger partial charge in [-0.05, 0) is 0 Å². The molecule has 0 unspecified atom stereocenters. The molecule has 4 heteroatoms. The van der Waals surface area contributed by atoms with E-state index in [1.54, 1.807) is 0 Å². The molecular formula is C7H16B2O2. The number of hydrogen-bond acceptors (Lipinski definition) is 1. The summed E-state index contributed by atoms with van der Waals surface area (Å²) >= 11 is 0. The first-order chi connectivity index (χ1) is 4.83. The van der Waals surface area contributed by atoms with E-state index in [1.807, 2.05) is 13.8 Å². The van der Waals surface area contributed by atoms with E-state index in [1.165, 1.54) is 0 Å². The molecule has 0 radical (unpaired) electrons. The zero-order valence-corrected chi connectivity index (χ0v) is 7.85. The highest BCUT2D eigenvalue weighted by Gasteiger charge is 2.26. The molecule has 0 spiro atoms. The maximum atomic E-state index is 10.4. The molecule has 0 aromatic heterocycles. The van der Waals surface area contributed by atoms with Crippen molar-refractivity contribution < 1.29 is 9.90 Å². The van der Waals surface area contributed by atoms with Gasteiger partial charge in [-0.25, -0.2) is 0 Å². The lowest BCUT2D eigenvalue weighted by Gasteiger charge is -2.21. The second kappa shape index (κ2) is 3.84. The van der Waals surface area contributed by atoms with E-state index in [2.05, 4.69) is 13.8 Å². The molecule has 1 N–H and O–H groups in total. The molecule has 0 saturated carbocycles. The third-order valence-electron chi connectivity index (χ3n) is 1.59. The molecule has 0 aliphatic rings. The molecule has 0 saturated heterocycles. The van der Waals surface area contributed by atoms with Crippen molar-refractivity contribution in [1.82, 2.24) is 0 Å². The number of rotatable bonds is 4. The van der Waals surface area contributed by atoms with Crippen LogP contribution < -0.4 is 0 Å². The van der Waals surface area contributed by atoms with Crippen molar-refractivity contribution in [3.8, 4) is 0 Å². The molecule has 0 aliphatic carbocycles. The molecule has 0 rings (SSSR count). The fraction of sp³-hybridized carbons (Fsp3) is 0.857. The molecule has 0 bridgehead atoms. The Balaban J connectivity index is 3.89. The first-order valence-electron chi connectivity index (χ1n) is 4.05. The van der Waals surface area contributed by atoms with Crippen molar-refractivity contribution in [2.24, 2.45) is 0 Å². The zero-order valence-electron chi connectivity index (χ0n) is 7.85. The molecule has 0 fully saturated rings. The largest absolute Gasteiger partial charge is 0.489 e. The Labute approximate surface area is 69.9 Å². The van der Waals surface area contributed by atoms with Crippen molar-refractivity contribution in [2.75, 3.05) is 0 Å². The van der Waals surface area contributed by atoms with Crippen LogP contribution in [0.4, 0.5) is 4.79 Å². The van der Waals surface area contributed by atoms with Gasteiger partial charge in [0.15, 0.2) is 0 Å². The van der Waals surface area contributed by atoms with Gasteiger partial charge in [-0.2, -0.15) is 0 Å². The third kappa shape index (κ3) is 6.02. The van der Waals surface area contributed by atoms with Gasteiger partial charge in [0.25, 0.3) is 7.28 Å². The molecule has 0 aromatic rings. The van der Waals surface area contributed by atoms with Crippen molar-refractivity contribution in [3.05, 3.63) is 0 Å². The van der Waals surface area contributed by atoms with Crippen LogP contribution in [-0.4, -0.2) is 25.5 Å². The highest BCUT2D eigenvalue weighted by Crippen LogP contribution is 2.25. The summed E-state index contributed by atoms with van der Waals surface area (Å²) in [6, 6.07) is 0. The fourth-order valence-corrected chi connectivity index (χ4v) is 1.59. The number of hydrogen-bond donors (Lipinski definition) is 1. The molecule has 0 atom stereocenters. The molecule has 62 valence electrons. The van der Waals surface area contributed by atoms with E-state index < -0.39 is 5.87 Å². The molecule has 0 aromatic carbocycles. The molecular weight excluding hydrogens is 138 g/mol. The lowest BCUT2D eigenvalue weighted by atomic mass is 9.32. The average Bonchev–Trinajstić information content (AvgIpc) is 1.53. The highest BCUT2D eigenvalue weighted by molar-refractivity contribution is 6.82. The summed E-state index contributed by atoms with van der Waals surface area (Å²) in [7, 11) is 1.24. The fourth-order valence-electron chi connectivity index (χ4n) is 1.59. The van der Waals surface area contributed by atoms with Gasteiger partial charge in [0.2, 0.25) is 5.87 Å². The monoisotopic (exact) mass is 154 g/mol. The summed E-state index contributed by atoms with van der Waals surface area (Å²) < 4.78 is 0. The average molecular weight is 154 g/mol. The predicted molar refractivity (Wildman–Crippen MR) is 51.5 cm³/mol. The van der Waals surface area contributed by atoms with Crippen molar-refractivity contribution in [3.63, 3.8) is 0 Å². The summed E-state index contributed by atoms with van der Waals surface area (Å²) in [6.45, 7) is 8.23. The summed E-state index contributed by atoms with van der Waals surface area (Å²) in [5.41, 5.74) is 0. The first-order valence-corrected chi connectivity index (χ1v) is 4.05. The minimum atomic E-state index is -0.698. The Morgan fingerprint density at radius 3 is 2.18 bits per heavy atom. The molecule has 0 aliphatic heterocycles. The van der Waals surface area contributed by atoms with Gasteiger partial charge in [-0.1, -0.05) is 38.7 Å². The van der Waals surface area contributed by atoms with Crippen molar-refractivity contribution in [2.45, 2.75) is 38.7 Å². The van der Waals surface area contributed by atoms with Gasteiger partial charge < -0.3 is 5.11 Å². The lowest BCUT2D eigenvalue weighted by Crippen LogP contribution is -2.27. The van der Waals surface area contributed by atoms with E-state index in [9.17, 15) is 4.79 Å². The van der Waals surface area contributed by atoms with Gasteiger partial charge in [0.1, 0.15) is 7.28 Å². The molecule has 0 amide bonds. The maximum absolute atomic E-state index is 10.4. The van der Waals surface area contributed by atoms with E-state index in [0.29, 0.717) is 5.82 Å². The van der Waals surface area contributed by atoms with Crippen LogP contribution in [0.3, 0.4) is 0 Å². The minimum Gasteiger partial charge on any atom is -0.489 e. The topological polar surface area (TPSA) is 37.3 Å². The normalized spacial score (nSPS) is 11.4. The Morgan fingerprint density at radius 1 is 1.45 bits per heavy atom. The van der Waals surface area contributed by atoms with Crippen LogP contribution in [0, 0.1) is 0 Å². The molecule has 0 heterocycles. The van der Waals surface area contributed by atoms with Crippen LogP contribution in [0.2, 0.25) is 11.0 Å². The van der Waals surface area contributed by atoms with E-state index in [4.69, 9.17) is 5.11 Å². The summed E-state index contributed by atoms with van der Waals surface area (Å²) in [5.74, 6) is -0.125. The lowest BCUT2D eigenvalue weighted by molar-refractivity contribution is 0.219. The smallest absolute Gasteiger partial charge is 0.258 e. The highest BCUT2D eigenvalue weighted by atomic mass is 16.4. The van der Waals surface area contributed by atoms with Crippen LogP contribution in [-0.2, 0) is 0 Å². The Hall–Kier alpha value is -0.400. The SMILES string of the molecule is CC(C)BC(C)(C)BC(=O)O. The second-order valence-corrected chi connectivity index (χ2v) is 4.33. The van der Waals surface area contributed by atoms with Crippen LogP contribution >= 0.6 is 0 Å². The zero-order chi connectivity index (χ0) is 9.07. The summed E-state index contributed by atoms with van der Waals surface area (Å²) in [4.78, 5) is 10.4. The quantitative estimate of drug-likeness (QED) is 0.623. The first kappa shape index (κ1) is 10.6. The standard InChI is InChI=1S/C7H16B2O2/c1-5(2)8-7(3,4)9-6(10)11/h5,8-9H,1-4H3,(H,10,11). The van der Waals surface area contributed by atoms with E-state index in [-0.39, 0.29) is 12.5 Å². The Kier molecular flexibility index (Phi) is 3.70. The Bertz CT molecular complexity index is 143. The van der Waals surface area contributed by atoms with E-state index in [0.717, 1.165) is 7.28 Å². The van der Waals surface area contributed by atoms with Gasteiger partial charge >= 0.3 is 0 Å². The summed E-state index contributed by atoms with van der Waals surface area (Å²) in [6.07, 6.45) is 0. The van der Waals surface area contributed by atoms with Crippen LogP contribution in [0.1, 0.15) is 27.7 Å². The van der Waals surface area contributed by atoms with Crippen LogP contribution in [0.5, 0.6) is 0 Å². The van der Waals surface area contributed by atoms with E-state index >= 15 is 0 Å². The van der Waals surface area contributed by atoms with Crippen molar-refractivity contribution >= 4 is 20.4 Å². The van der Waals surface area contributed by atoms with Gasteiger partial charge in [-0.15, -0.1) is 0 Å². The Morgan fingerprint density at radius 2 is 1.91 bits per heavy atom. The van der Waals surface area contributed by atoms with Gasteiger partial charge in [0.05, 0.1) is 0 Å². The second-order valence-electron chi connectivity index (χ2n) is 4.33. The van der Waals surface area contributed by atoms with Crippen LogP contribution in [0.25, 0.3) is 0 Å². The maximum Gasteiger partial charge on any atom is 0.258 e. The molecule has 11 heavy (non-hydrogen) atoms. The number of carbonyl (C=O) groups is 1. The molecule has 2 nitrogen and oxygen atoms in total. The van der Waals surface area contributed by atoms with Crippen LogP contribution in [0.15, 0.2) is 0 Å². The predicted octanol–water partition coefficient (Wildman–Crippen LogP) is 1.52. The van der Waals surface area contributed by atoms with Gasteiger partial charge in [-0.3, -0.25) is 4.79 Å². The summed E-state index contributed by atoms with van der Waals surface area (Å²) in [5, 5.41) is 8.51. The van der Waals surface area contributed by atoms with Gasteiger partial charge in [0, 0.05) is 0 Å². The number of carboxylic acid groups (broad SMARTS) is 1. The third-order valence-corrected chi connectivity index (χ3v) is 1.59.